The van der Waals surface area contributed by atoms with E-state index in [4.69, 9.17) is 14.2 Å². The minimum Gasteiger partial charge on any atom is -0.388 e. The molecule has 17 heavy (non-hydrogen) atoms. The van der Waals surface area contributed by atoms with E-state index in [9.17, 15) is 20.4 Å². The number of aliphatic hydroxyl groups excluding tert-OH is 3. The summed E-state index contributed by atoms with van der Waals surface area (Å²) in [4.78, 5) is 0. The van der Waals surface area contributed by atoms with E-state index in [1.807, 2.05) is 0 Å². The molecule has 0 aromatic heterocycles. The number of rotatable bonds is 6. The lowest BCUT2D eigenvalue weighted by molar-refractivity contribution is -0.325. The molecule has 1 heterocycles. The van der Waals surface area contributed by atoms with Crippen LogP contribution in [0.15, 0.2) is 0 Å². The Kier molecular flexibility index (Phi) is 5.74. The van der Waals surface area contributed by atoms with Gasteiger partial charge in [0.2, 0.25) is 0 Å². The lowest BCUT2D eigenvalue weighted by Gasteiger charge is -2.41. The Balaban J connectivity index is 2.34. The van der Waals surface area contributed by atoms with Gasteiger partial charge in [-0.05, 0) is 0 Å². The van der Waals surface area contributed by atoms with Crippen LogP contribution in [0.5, 0.6) is 0 Å². The summed E-state index contributed by atoms with van der Waals surface area (Å²) in [6, 6.07) is 0. The van der Waals surface area contributed by atoms with Crippen LogP contribution in [0.4, 0.5) is 0 Å². The molecule has 0 spiro atoms. The first-order valence-electron chi connectivity index (χ1n) is 5.48. The van der Waals surface area contributed by atoms with Crippen molar-refractivity contribution in [2.75, 3.05) is 33.5 Å². The fourth-order valence-corrected chi connectivity index (χ4v) is 1.57. The minimum atomic E-state index is -1.88. The molecule has 1 fully saturated rings. The number of aliphatic hydroxyl groups is 4. The smallest absolute Gasteiger partial charge is 0.196 e. The Labute approximate surface area is 99.5 Å². The summed E-state index contributed by atoms with van der Waals surface area (Å²) < 4.78 is 14.9. The Morgan fingerprint density at radius 2 is 1.94 bits per heavy atom. The van der Waals surface area contributed by atoms with E-state index in [-0.39, 0.29) is 19.6 Å². The summed E-state index contributed by atoms with van der Waals surface area (Å²) in [6.45, 7) is 0.726. The largest absolute Gasteiger partial charge is 0.388 e. The maximum atomic E-state index is 9.93. The summed E-state index contributed by atoms with van der Waals surface area (Å²) in [6.07, 6.45) is -4.17. The quantitative estimate of drug-likeness (QED) is 0.399. The van der Waals surface area contributed by atoms with Gasteiger partial charge in [-0.1, -0.05) is 0 Å². The Bertz CT molecular complexity index is 225. The van der Waals surface area contributed by atoms with Gasteiger partial charge in [0, 0.05) is 13.5 Å². The molecular weight excluding hydrogens is 232 g/mol. The van der Waals surface area contributed by atoms with Crippen molar-refractivity contribution in [3.63, 3.8) is 0 Å². The Morgan fingerprint density at radius 3 is 2.59 bits per heavy atom. The molecular formula is C10H20O7. The average Bonchev–Trinajstić information content (AvgIpc) is 2.32. The zero-order valence-electron chi connectivity index (χ0n) is 9.78. The fourth-order valence-electron chi connectivity index (χ4n) is 1.57. The highest BCUT2D eigenvalue weighted by Crippen LogP contribution is 2.26. The second kappa shape index (κ2) is 6.60. The van der Waals surface area contributed by atoms with Crippen molar-refractivity contribution >= 4 is 0 Å². The van der Waals surface area contributed by atoms with Crippen LogP contribution in [-0.4, -0.2) is 78.1 Å². The Hall–Kier alpha value is -0.280. The van der Waals surface area contributed by atoms with Crippen molar-refractivity contribution < 1.29 is 34.6 Å². The minimum absolute atomic E-state index is 0.00165. The fraction of sp³-hybridized carbons (Fsp3) is 1.00. The van der Waals surface area contributed by atoms with Gasteiger partial charge >= 0.3 is 0 Å². The monoisotopic (exact) mass is 252 g/mol. The molecule has 0 radical (unpaired) electrons. The van der Waals surface area contributed by atoms with E-state index in [1.54, 1.807) is 7.11 Å². The van der Waals surface area contributed by atoms with Gasteiger partial charge in [0.05, 0.1) is 26.4 Å². The highest BCUT2D eigenvalue weighted by Gasteiger charge is 2.47. The Morgan fingerprint density at radius 1 is 1.24 bits per heavy atom. The van der Waals surface area contributed by atoms with Crippen molar-refractivity contribution in [1.82, 2.24) is 0 Å². The highest BCUT2D eigenvalue weighted by atomic mass is 16.6. The molecule has 7 heteroatoms. The van der Waals surface area contributed by atoms with Gasteiger partial charge in [0.1, 0.15) is 18.3 Å². The van der Waals surface area contributed by atoms with Gasteiger partial charge in [0.15, 0.2) is 5.79 Å². The third-order valence-corrected chi connectivity index (χ3v) is 2.72. The molecule has 1 unspecified atom stereocenters. The van der Waals surface area contributed by atoms with E-state index < -0.39 is 24.1 Å². The maximum Gasteiger partial charge on any atom is 0.196 e. The molecule has 0 saturated carbocycles. The van der Waals surface area contributed by atoms with Crippen LogP contribution in [0.1, 0.15) is 6.42 Å². The molecule has 102 valence electrons. The van der Waals surface area contributed by atoms with Crippen molar-refractivity contribution in [3.8, 4) is 0 Å². The predicted octanol–water partition coefficient (Wildman–Crippen LogP) is -2.16. The summed E-state index contributed by atoms with van der Waals surface area (Å²) >= 11 is 0. The number of methoxy groups -OCH3 is 1. The zero-order valence-corrected chi connectivity index (χ0v) is 9.78. The standard InChI is InChI=1S/C10H20O7/c1-15-4-5-16-3-2-10(14)9(13)8(12)7(11)6-17-10/h7-9,11-14H,2-6H2,1H3/t7-,8+,9-,10?/m1/s1. The van der Waals surface area contributed by atoms with Crippen LogP contribution in [0.2, 0.25) is 0 Å². The van der Waals surface area contributed by atoms with E-state index in [1.165, 1.54) is 0 Å². The molecule has 4 N–H and O–H groups in total. The topological polar surface area (TPSA) is 109 Å². The summed E-state index contributed by atoms with van der Waals surface area (Å²) in [5.74, 6) is -1.88. The summed E-state index contributed by atoms with van der Waals surface area (Å²) in [5, 5.41) is 38.2. The van der Waals surface area contributed by atoms with Gasteiger partial charge in [-0.25, -0.2) is 0 Å². The lowest BCUT2D eigenvalue weighted by atomic mass is 9.95. The molecule has 1 saturated heterocycles. The van der Waals surface area contributed by atoms with Gasteiger partial charge in [-0.15, -0.1) is 0 Å². The molecule has 1 aliphatic rings. The average molecular weight is 252 g/mol. The van der Waals surface area contributed by atoms with E-state index in [2.05, 4.69) is 0 Å². The number of hydrogen-bond acceptors (Lipinski definition) is 7. The van der Waals surface area contributed by atoms with Crippen LogP contribution < -0.4 is 0 Å². The molecule has 0 aromatic carbocycles. The second-order valence-electron chi connectivity index (χ2n) is 4.01. The summed E-state index contributed by atoms with van der Waals surface area (Å²) in [5.41, 5.74) is 0. The maximum absolute atomic E-state index is 9.93. The third kappa shape index (κ3) is 3.85. The van der Waals surface area contributed by atoms with E-state index >= 15 is 0 Å². The van der Waals surface area contributed by atoms with Crippen LogP contribution in [0, 0.1) is 0 Å². The first-order chi connectivity index (χ1) is 8.01. The zero-order chi connectivity index (χ0) is 12.9. The van der Waals surface area contributed by atoms with Crippen molar-refractivity contribution in [3.05, 3.63) is 0 Å². The number of ether oxygens (including phenoxy) is 3. The van der Waals surface area contributed by atoms with E-state index in [0.29, 0.717) is 13.2 Å². The highest BCUT2D eigenvalue weighted by molar-refractivity contribution is 4.91. The van der Waals surface area contributed by atoms with Crippen LogP contribution in [-0.2, 0) is 14.2 Å². The van der Waals surface area contributed by atoms with Crippen LogP contribution >= 0.6 is 0 Å². The van der Waals surface area contributed by atoms with Gasteiger partial charge in [0.25, 0.3) is 0 Å². The summed E-state index contributed by atoms with van der Waals surface area (Å²) in [7, 11) is 1.54. The van der Waals surface area contributed by atoms with Gasteiger partial charge < -0.3 is 34.6 Å². The molecule has 7 nitrogen and oxygen atoms in total. The first kappa shape index (κ1) is 14.8. The first-order valence-corrected chi connectivity index (χ1v) is 5.48. The third-order valence-electron chi connectivity index (χ3n) is 2.72. The number of hydrogen-bond donors (Lipinski definition) is 4. The molecule has 0 bridgehead atoms. The van der Waals surface area contributed by atoms with Gasteiger partial charge in [-0.3, -0.25) is 0 Å². The molecule has 1 rings (SSSR count). The second-order valence-corrected chi connectivity index (χ2v) is 4.01. The lowest BCUT2D eigenvalue weighted by Crippen LogP contribution is -2.61. The predicted molar refractivity (Wildman–Crippen MR) is 56.2 cm³/mol. The molecule has 0 aromatic rings. The molecule has 1 aliphatic heterocycles. The SMILES string of the molecule is COCCOCCC1(O)OC[C@@H](O)[C@H](O)[C@H]1O. The van der Waals surface area contributed by atoms with Crippen molar-refractivity contribution in [2.45, 2.75) is 30.5 Å². The van der Waals surface area contributed by atoms with Crippen molar-refractivity contribution in [2.24, 2.45) is 0 Å². The van der Waals surface area contributed by atoms with Gasteiger partial charge in [-0.2, -0.15) is 0 Å². The van der Waals surface area contributed by atoms with Crippen LogP contribution in [0.25, 0.3) is 0 Å². The normalized spacial score (nSPS) is 38.3. The van der Waals surface area contributed by atoms with Crippen LogP contribution in [0.3, 0.4) is 0 Å². The molecule has 0 aliphatic carbocycles. The van der Waals surface area contributed by atoms with E-state index in [0.717, 1.165) is 0 Å². The van der Waals surface area contributed by atoms with Crippen molar-refractivity contribution in [1.29, 1.82) is 0 Å². The molecule has 0 amide bonds. The molecule has 4 atom stereocenters.